The van der Waals surface area contributed by atoms with E-state index in [2.05, 4.69) is 15.9 Å². The Bertz CT molecular complexity index is 552. The van der Waals surface area contributed by atoms with Crippen LogP contribution in [0.2, 0.25) is 0 Å². The van der Waals surface area contributed by atoms with Gasteiger partial charge < -0.3 is 10.6 Å². The Labute approximate surface area is 114 Å². The van der Waals surface area contributed by atoms with Crippen molar-refractivity contribution in [2.24, 2.45) is 0 Å². The molecule has 1 heterocycles. The summed E-state index contributed by atoms with van der Waals surface area (Å²) in [6.07, 6.45) is 0. The van der Waals surface area contributed by atoms with Gasteiger partial charge in [0.25, 0.3) is 5.91 Å². The SMILES string of the molecule is Nc1cc(Br)cc(C(=O)N2CCS(=O)(=O)CC2)c1. The summed E-state index contributed by atoms with van der Waals surface area (Å²) in [5.74, 6) is -0.123. The van der Waals surface area contributed by atoms with Gasteiger partial charge in [-0.1, -0.05) is 15.9 Å². The predicted octanol–water partition coefficient (Wildman–Crippen LogP) is 0.902. The van der Waals surface area contributed by atoms with Crippen molar-refractivity contribution in [3.05, 3.63) is 28.2 Å². The minimum atomic E-state index is -2.98. The molecule has 1 aliphatic heterocycles. The third kappa shape index (κ3) is 3.02. The summed E-state index contributed by atoms with van der Waals surface area (Å²) in [5, 5.41) is 0. The van der Waals surface area contributed by atoms with Gasteiger partial charge in [-0.25, -0.2) is 8.42 Å². The lowest BCUT2D eigenvalue weighted by Crippen LogP contribution is -2.43. The van der Waals surface area contributed by atoms with Crippen molar-refractivity contribution in [3.63, 3.8) is 0 Å². The smallest absolute Gasteiger partial charge is 0.254 e. The second-order valence-electron chi connectivity index (χ2n) is 4.22. The molecule has 1 aromatic rings. The number of hydrogen-bond acceptors (Lipinski definition) is 4. The summed E-state index contributed by atoms with van der Waals surface area (Å²) in [4.78, 5) is 13.7. The fourth-order valence-electron chi connectivity index (χ4n) is 1.83. The number of carbonyl (C=O) groups is 1. The molecule has 1 aromatic carbocycles. The molecule has 0 aromatic heterocycles. The van der Waals surface area contributed by atoms with Crippen molar-refractivity contribution < 1.29 is 13.2 Å². The molecule has 1 fully saturated rings. The van der Waals surface area contributed by atoms with E-state index in [1.807, 2.05) is 0 Å². The molecule has 1 saturated heterocycles. The summed E-state index contributed by atoms with van der Waals surface area (Å²) in [7, 11) is -2.98. The van der Waals surface area contributed by atoms with Crippen molar-refractivity contribution in [3.8, 4) is 0 Å². The van der Waals surface area contributed by atoms with E-state index in [1.165, 1.54) is 0 Å². The lowest BCUT2D eigenvalue weighted by Gasteiger charge is -2.26. The van der Waals surface area contributed by atoms with Gasteiger partial charge in [0.05, 0.1) is 11.5 Å². The van der Waals surface area contributed by atoms with Crippen molar-refractivity contribution in [2.45, 2.75) is 0 Å². The van der Waals surface area contributed by atoms with Crippen LogP contribution < -0.4 is 5.73 Å². The molecule has 0 radical (unpaired) electrons. The Kier molecular flexibility index (Phi) is 3.63. The van der Waals surface area contributed by atoms with Gasteiger partial charge in [0, 0.05) is 28.8 Å². The average molecular weight is 333 g/mol. The molecule has 1 amide bonds. The molecule has 98 valence electrons. The first-order valence-electron chi connectivity index (χ1n) is 5.43. The Hall–Kier alpha value is -1.08. The van der Waals surface area contributed by atoms with Crippen LogP contribution in [0.5, 0.6) is 0 Å². The number of rotatable bonds is 1. The van der Waals surface area contributed by atoms with E-state index in [4.69, 9.17) is 5.73 Å². The lowest BCUT2D eigenvalue weighted by atomic mass is 10.2. The number of nitrogens with zero attached hydrogens (tertiary/aromatic N) is 1. The fraction of sp³-hybridized carbons (Fsp3) is 0.364. The van der Waals surface area contributed by atoms with Gasteiger partial charge in [-0.3, -0.25) is 4.79 Å². The molecule has 1 aliphatic rings. The molecule has 0 bridgehead atoms. The van der Waals surface area contributed by atoms with Crippen LogP contribution in [0.1, 0.15) is 10.4 Å². The highest BCUT2D eigenvalue weighted by atomic mass is 79.9. The fourth-order valence-corrected chi connectivity index (χ4v) is 3.55. The zero-order valence-electron chi connectivity index (χ0n) is 9.60. The normalized spacial score (nSPS) is 18.6. The zero-order chi connectivity index (χ0) is 13.3. The van der Waals surface area contributed by atoms with Crippen LogP contribution in [-0.4, -0.2) is 43.8 Å². The summed E-state index contributed by atoms with van der Waals surface area (Å²) in [5.41, 5.74) is 6.64. The van der Waals surface area contributed by atoms with Gasteiger partial charge in [-0.2, -0.15) is 0 Å². The molecule has 0 atom stereocenters. The maximum absolute atomic E-state index is 12.2. The highest BCUT2D eigenvalue weighted by Gasteiger charge is 2.25. The second kappa shape index (κ2) is 4.89. The minimum Gasteiger partial charge on any atom is -0.399 e. The van der Waals surface area contributed by atoms with Gasteiger partial charge in [-0.15, -0.1) is 0 Å². The maximum Gasteiger partial charge on any atom is 0.254 e. The number of amides is 1. The third-order valence-corrected chi connectivity index (χ3v) is 4.87. The van der Waals surface area contributed by atoms with Crippen LogP contribution in [0.4, 0.5) is 5.69 Å². The molecule has 0 spiro atoms. The predicted molar refractivity (Wildman–Crippen MR) is 73.1 cm³/mol. The van der Waals surface area contributed by atoms with E-state index in [0.29, 0.717) is 11.3 Å². The molecule has 0 aliphatic carbocycles. The van der Waals surface area contributed by atoms with Crippen molar-refractivity contribution >= 4 is 37.4 Å². The van der Waals surface area contributed by atoms with Crippen LogP contribution in [0.3, 0.4) is 0 Å². The number of nitrogens with two attached hydrogens (primary N) is 1. The molecular weight excluding hydrogens is 320 g/mol. The number of nitrogen functional groups attached to an aromatic ring is 1. The lowest BCUT2D eigenvalue weighted by molar-refractivity contribution is 0.0770. The first-order valence-corrected chi connectivity index (χ1v) is 8.04. The number of sulfone groups is 1. The molecule has 0 unspecified atom stereocenters. The number of hydrogen-bond donors (Lipinski definition) is 1. The highest BCUT2D eigenvalue weighted by Crippen LogP contribution is 2.19. The second-order valence-corrected chi connectivity index (χ2v) is 7.44. The van der Waals surface area contributed by atoms with E-state index in [-0.39, 0.29) is 30.5 Å². The van der Waals surface area contributed by atoms with Crippen LogP contribution in [0.25, 0.3) is 0 Å². The van der Waals surface area contributed by atoms with E-state index >= 15 is 0 Å². The van der Waals surface area contributed by atoms with Gasteiger partial charge in [0.15, 0.2) is 9.84 Å². The molecule has 2 N–H and O–H groups in total. The Morgan fingerprint density at radius 2 is 1.83 bits per heavy atom. The first-order chi connectivity index (χ1) is 8.37. The summed E-state index contributed by atoms with van der Waals surface area (Å²) >= 11 is 3.28. The van der Waals surface area contributed by atoms with Crippen molar-refractivity contribution in [1.29, 1.82) is 0 Å². The molecule has 0 saturated carbocycles. The van der Waals surface area contributed by atoms with Crippen LogP contribution in [0, 0.1) is 0 Å². The molecule has 2 rings (SSSR count). The summed E-state index contributed by atoms with van der Waals surface area (Å²) in [6.45, 7) is 0.487. The number of anilines is 1. The molecule has 5 nitrogen and oxygen atoms in total. The monoisotopic (exact) mass is 332 g/mol. The van der Waals surface area contributed by atoms with E-state index in [9.17, 15) is 13.2 Å². The topological polar surface area (TPSA) is 80.5 Å². The Morgan fingerprint density at radius 3 is 2.39 bits per heavy atom. The molecule has 7 heteroatoms. The van der Waals surface area contributed by atoms with Crippen molar-refractivity contribution in [1.82, 2.24) is 4.90 Å². The van der Waals surface area contributed by atoms with E-state index in [0.717, 1.165) is 4.47 Å². The van der Waals surface area contributed by atoms with Crippen LogP contribution in [0.15, 0.2) is 22.7 Å². The maximum atomic E-state index is 12.2. The summed E-state index contributed by atoms with van der Waals surface area (Å²) in [6, 6.07) is 4.98. The molecular formula is C11H13BrN2O3S. The molecule has 18 heavy (non-hydrogen) atoms. The Morgan fingerprint density at radius 1 is 1.22 bits per heavy atom. The van der Waals surface area contributed by atoms with E-state index < -0.39 is 9.84 Å². The number of benzene rings is 1. The average Bonchev–Trinajstić information content (AvgIpc) is 2.27. The Balaban J connectivity index is 2.17. The first kappa shape index (κ1) is 13.4. The standard InChI is InChI=1S/C11H13BrN2O3S/c12-9-5-8(6-10(13)7-9)11(15)14-1-3-18(16,17)4-2-14/h5-7H,1-4,13H2. The van der Waals surface area contributed by atoms with Gasteiger partial charge in [-0.05, 0) is 18.2 Å². The van der Waals surface area contributed by atoms with Gasteiger partial charge >= 0.3 is 0 Å². The number of carbonyl (C=O) groups excluding carboxylic acids is 1. The van der Waals surface area contributed by atoms with E-state index in [1.54, 1.807) is 23.1 Å². The largest absolute Gasteiger partial charge is 0.399 e. The third-order valence-electron chi connectivity index (χ3n) is 2.80. The van der Waals surface area contributed by atoms with Crippen LogP contribution >= 0.6 is 15.9 Å². The van der Waals surface area contributed by atoms with Gasteiger partial charge in [0.1, 0.15) is 0 Å². The number of halogens is 1. The zero-order valence-corrected chi connectivity index (χ0v) is 12.0. The highest BCUT2D eigenvalue weighted by molar-refractivity contribution is 9.10. The quantitative estimate of drug-likeness (QED) is 0.775. The summed E-state index contributed by atoms with van der Waals surface area (Å²) < 4.78 is 23.3. The van der Waals surface area contributed by atoms with Crippen LogP contribution in [-0.2, 0) is 9.84 Å². The van der Waals surface area contributed by atoms with Crippen molar-refractivity contribution in [2.75, 3.05) is 30.3 Å². The minimum absolute atomic E-state index is 0.0300. The van der Waals surface area contributed by atoms with Gasteiger partial charge in [0.2, 0.25) is 0 Å².